The van der Waals surface area contributed by atoms with Crippen molar-refractivity contribution < 1.29 is 4.74 Å². The maximum absolute atomic E-state index is 8.28. The molecule has 0 atom stereocenters. The summed E-state index contributed by atoms with van der Waals surface area (Å²) in [5.74, 6) is 1.85. The molecule has 18 rings (SSSR count). The van der Waals surface area contributed by atoms with E-state index < -0.39 is 5.41 Å². The summed E-state index contributed by atoms with van der Waals surface area (Å²) in [6, 6.07) is 91.4. The molecule has 0 saturated carbocycles. The van der Waals surface area contributed by atoms with Crippen molar-refractivity contribution in [3.05, 3.63) is 281 Å². The summed E-state index contributed by atoms with van der Waals surface area (Å²) < 4.78 is 13.6. The van der Waals surface area contributed by atoms with Gasteiger partial charge in [0.1, 0.15) is 11.5 Å². The Hall–Kier alpha value is -9.90. The molecule has 4 heterocycles. The third-order valence-electron chi connectivity index (χ3n) is 21.5. The van der Waals surface area contributed by atoms with Crippen LogP contribution >= 0.6 is 0 Å². The van der Waals surface area contributed by atoms with E-state index in [0.717, 1.165) is 22.7 Å². The van der Waals surface area contributed by atoms with Crippen molar-refractivity contribution in [2.45, 2.75) is 110 Å². The molecule has 14 aromatic rings. The fourth-order valence-electron chi connectivity index (χ4n) is 16.8. The molecule has 0 saturated heterocycles. The number of fused-ring (bicyclic) bond motifs is 22. The first-order chi connectivity index (χ1) is 44.6. The maximum atomic E-state index is 8.28. The van der Waals surface area contributed by atoms with Gasteiger partial charge in [-0.25, -0.2) is 0 Å². The SMILES string of the molecule is CC(C)(C)c1cc(-c2cc3c4c(c2)-n2c5ccccc5c5c2c(cc2c6ccccc6n(-c6cc(C(C)(C)C)cc(C(C)(C)C)c6)c25)B4c2ccc4c(c2O3)C2(c3cc(-c5ccccc5)ccc3-c3ccc(-c5ccccc5)cc32)c2ccccc2-4)cc(C(C)(C)C)c1. The van der Waals surface area contributed by atoms with Gasteiger partial charge in [0.05, 0.1) is 27.5 Å². The summed E-state index contributed by atoms with van der Waals surface area (Å²) >= 11 is 0. The number of para-hydroxylation sites is 2. The standard InChI is InChI=1S/C89H75BN2O/c1-85(2,3)58-41-56(42-59(47-58)86(4,5)6)57-45-77-81-78(46-57)93-84-73(40-39-67-63-29-19-22-32-70(63)89(80(67)84)71-43-54(52-25-15-13-16-26-52)35-37-64(71)65-38-36-55(44-72(65)89)53-27-17-14-18-28-53)90(81)74-51-69-66-30-20-23-33-75(66)91(62-49-60(87(7,8)9)48-61(50-62)88(10,11)12)82(69)79-68-31-21-24-34-76(68)92(77)83(74)79/h13-51H,1-12H3. The van der Waals surface area contributed by atoms with Gasteiger partial charge in [-0.3, -0.25) is 0 Å². The largest absolute Gasteiger partial charge is 0.458 e. The van der Waals surface area contributed by atoms with Crippen LogP contribution in [0.5, 0.6) is 11.5 Å². The lowest BCUT2D eigenvalue weighted by atomic mass is 9.34. The first-order valence-electron chi connectivity index (χ1n) is 33.5. The summed E-state index contributed by atoms with van der Waals surface area (Å²) in [6.45, 7) is 28.0. The van der Waals surface area contributed by atoms with E-state index in [4.69, 9.17) is 4.74 Å². The van der Waals surface area contributed by atoms with Crippen molar-refractivity contribution in [2.75, 3.05) is 0 Å². The van der Waals surface area contributed by atoms with Gasteiger partial charge in [-0.15, -0.1) is 0 Å². The van der Waals surface area contributed by atoms with E-state index in [1.165, 1.54) is 160 Å². The Morgan fingerprint density at radius 2 is 0.839 bits per heavy atom. The second kappa shape index (κ2) is 19.1. The molecule has 2 aliphatic carbocycles. The molecule has 0 fully saturated rings. The molecule has 2 aliphatic heterocycles. The lowest BCUT2D eigenvalue weighted by Crippen LogP contribution is -2.58. The van der Waals surface area contributed by atoms with Gasteiger partial charge < -0.3 is 13.9 Å². The average Bonchev–Trinajstić information content (AvgIpc) is 1.52. The first kappa shape index (κ1) is 55.9. The summed E-state index contributed by atoms with van der Waals surface area (Å²) in [6.07, 6.45) is 0. The van der Waals surface area contributed by atoms with Gasteiger partial charge in [0, 0.05) is 38.5 Å². The fraction of sp³-hybridized carbons (Fsp3) is 0.191. The number of hydrogen-bond donors (Lipinski definition) is 0. The van der Waals surface area contributed by atoms with Crippen LogP contribution in [0.1, 0.15) is 128 Å². The highest BCUT2D eigenvalue weighted by molar-refractivity contribution is 6.99. The molecule has 2 aromatic heterocycles. The van der Waals surface area contributed by atoms with Crippen molar-refractivity contribution in [3.8, 4) is 78.5 Å². The van der Waals surface area contributed by atoms with Gasteiger partial charge in [-0.2, -0.15) is 0 Å². The molecule has 0 radical (unpaired) electrons. The Bertz CT molecular complexity index is 5420. The van der Waals surface area contributed by atoms with Crippen molar-refractivity contribution >= 4 is 66.7 Å². The van der Waals surface area contributed by atoms with Crippen LogP contribution in [0.3, 0.4) is 0 Å². The normalized spacial score (nSPS) is 14.2. The number of benzene rings is 12. The third-order valence-corrected chi connectivity index (χ3v) is 21.5. The summed E-state index contributed by atoms with van der Waals surface area (Å²) in [7, 11) is 0. The zero-order valence-corrected chi connectivity index (χ0v) is 55.4. The van der Waals surface area contributed by atoms with Crippen molar-refractivity contribution in [1.29, 1.82) is 0 Å². The predicted molar refractivity (Wildman–Crippen MR) is 394 cm³/mol. The molecular weight excluding hydrogens is 1120 g/mol. The van der Waals surface area contributed by atoms with Crippen LogP contribution < -0.4 is 21.1 Å². The molecule has 450 valence electrons. The van der Waals surface area contributed by atoms with Gasteiger partial charge in [0.25, 0.3) is 6.71 Å². The summed E-state index contributed by atoms with van der Waals surface area (Å²) in [4.78, 5) is 0. The van der Waals surface area contributed by atoms with E-state index in [0.29, 0.717) is 0 Å². The summed E-state index contributed by atoms with van der Waals surface area (Å²) in [5, 5.41) is 5.01. The minimum Gasteiger partial charge on any atom is -0.458 e. The van der Waals surface area contributed by atoms with E-state index in [9.17, 15) is 0 Å². The lowest BCUT2D eigenvalue weighted by Gasteiger charge is -2.38. The summed E-state index contributed by atoms with van der Waals surface area (Å²) in [5.41, 5.74) is 32.3. The smallest absolute Gasteiger partial charge is 0.256 e. The average molecular weight is 1200 g/mol. The Morgan fingerprint density at radius 1 is 0.344 bits per heavy atom. The molecule has 1 spiro atoms. The Kier molecular flexibility index (Phi) is 11.5. The second-order valence-corrected chi connectivity index (χ2v) is 31.3. The molecule has 12 aromatic carbocycles. The molecule has 4 aliphatic rings. The molecule has 0 unspecified atom stereocenters. The second-order valence-electron chi connectivity index (χ2n) is 31.3. The van der Waals surface area contributed by atoms with E-state index >= 15 is 0 Å². The molecule has 3 nitrogen and oxygen atoms in total. The van der Waals surface area contributed by atoms with Crippen LogP contribution in [-0.4, -0.2) is 15.8 Å². The molecule has 4 heteroatoms. The van der Waals surface area contributed by atoms with E-state index in [2.05, 4.69) is 329 Å². The highest BCUT2D eigenvalue weighted by Crippen LogP contribution is 2.66. The molecule has 0 bridgehead atoms. The van der Waals surface area contributed by atoms with Crippen LogP contribution in [0.2, 0.25) is 0 Å². The topological polar surface area (TPSA) is 19.1 Å². The number of hydrogen-bond acceptors (Lipinski definition) is 1. The zero-order valence-electron chi connectivity index (χ0n) is 55.4. The fourth-order valence-corrected chi connectivity index (χ4v) is 16.8. The Balaban J connectivity index is 1.00. The minimum absolute atomic E-state index is 0.0825. The van der Waals surface area contributed by atoms with Crippen LogP contribution in [0, 0.1) is 0 Å². The zero-order chi connectivity index (χ0) is 63.6. The van der Waals surface area contributed by atoms with Crippen LogP contribution in [0.15, 0.2) is 237 Å². The quantitative estimate of drug-likeness (QED) is 0.161. The van der Waals surface area contributed by atoms with Crippen molar-refractivity contribution in [3.63, 3.8) is 0 Å². The maximum Gasteiger partial charge on any atom is 0.256 e. The molecular formula is C89H75BN2O. The van der Waals surface area contributed by atoms with Gasteiger partial charge in [0.15, 0.2) is 0 Å². The first-order valence-corrected chi connectivity index (χ1v) is 33.5. The number of aromatic nitrogens is 2. The number of rotatable bonds is 4. The van der Waals surface area contributed by atoms with Gasteiger partial charge in [-0.05, 0) is 181 Å². The highest BCUT2D eigenvalue weighted by atomic mass is 16.5. The lowest BCUT2D eigenvalue weighted by molar-refractivity contribution is 0.476. The van der Waals surface area contributed by atoms with Crippen LogP contribution in [-0.2, 0) is 27.1 Å². The monoisotopic (exact) mass is 1200 g/mol. The van der Waals surface area contributed by atoms with Crippen LogP contribution in [0.25, 0.3) is 111 Å². The molecule has 93 heavy (non-hydrogen) atoms. The Morgan fingerprint density at radius 3 is 1.43 bits per heavy atom. The van der Waals surface area contributed by atoms with Crippen molar-refractivity contribution in [2.24, 2.45) is 0 Å². The predicted octanol–water partition coefficient (Wildman–Crippen LogP) is 21.4. The minimum atomic E-state index is -0.762. The molecule has 0 N–H and O–H groups in total. The van der Waals surface area contributed by atoms with E-state index in [1.807, 2.05) is 0 Å². The third kappa shape index (κ3) is 7.91. The number of ether oxygens (including phenoxy) is 1. The van der Waals surface area contributed by atoms with E-state index in [1.54, 1.807) is 0 Å². The van der Waals surface area contributed by atoms with Gasteiger partial charge in [0.2, 0.25) is 0 Å². The highest BCUT2D eigenvalue weighted by Gasteiger charge is 2.56. The van der Waals surface area contributed by atoms with Crippen LogP contribution in [0.4, 0.5) is 0 Å². The van der Waals surface area contributed by atoms with Gasteiger partial charge in [-0.1, -0.05) is 271 Å². The van der Waals surface area contributed by atoms with Crippen molar-refractivity contribution in [1.82, 2.24) is 9.13 Å². The Labute approximate surface area is 547 Å². The number of nitrogens with zero attached hydrogens (tertiary/aromatic N) is 2. The molecule has 0 amide bonds. The van der Waals surface area contributed by atoms with Gasteiger partial charge >= 0.3 is 0 Å². The van der Waals surface area contributed by atoms with E-state index in [-0.39, 0.29) is 28.4 Å².